The molecule has 0 atom stereocenters. The monoisotopic (exact) mass is 308 g/mol. The van der Waals surface area contributed by atoms with Crippen LogP contribution < -0.4 is 10.2 Å². The molecule has 0 bridgehead atoms. The summed E-state index contributed by atoms with van der Waals surface area (Å²) in [6.07, 6.45) is 5.13. The Labute approximate surface area is 134 Å². The zero-order valence-electron chi connectivity index (χ0n) is 13.9. The highest BCUT2D eigenvalue weighted by molar-refractivity contribution is 6.33. The highest BCUT2D eigenvalue weighted by Crippen LogP contribution is 2.39. The van der Waals surface area contributed by atoms with Gasteiger partial charge in [-0.05, 0) is 55.3 Å². The van der Waals surface area contributed by atoms with E-state index in [-0.39, 0.29) is 0 Å². The fourth-order valence-electron chi connectivity index (χ4n) is 3.18. The molecule has 2 nitrogen and oxygen atoms in total. The third-order valence-electron chi connectivity index (χ3n) is 4.83. The van der Waals surface area contributed by atoms with Gasteiger partial charge in [-0.25, -0.2) is 0 Å². The zero-order valence-corrected chi connectivity index (χ0v) is 14.6. The van der Waals surface area contributed by atoms with Gasteiger partial charge in [-0.2, -0.15) is 0 Å². The predicted octanol–water partition coefficient (Wildman–Crippen LogP) is 4.85. The van der Waals surface area contributed by atoms with Gasteiger partial charge in [0.15, 0.2) is 0 Å². The Morgan fingerprint density at radius 3 is 2.52 bits per heavy atom. The summed E-state index contributed by atoms with van der Waals surface area (Å²) in [6, 6.07) is 7.08. The van der Waals surface area contributed by atoms with Crippen molar-refractivity contribution < 1.29 is 0 Å². The fraction of sp³-hybridized carbons (Fsp3) is 0.667. The Morgan fingerprint density at radius 1 is 1.29 bits per heavy atom. The number of benzene rings is 1. The summed E-state index contributed by atoms with van der Waals surface area (Å²) >= 11 is 6.51. The molecule has 1 aromatic rings. The number of anilines is 1. The molecule has 1 fully saturated rings. The van der Waals surface area contributed by atoms with E-state index in [2.05, 4.69) is 56.2 Å². The average Bonchev–Trinajstić information content (AvgIpc) is 2.44. The molecule has 1 saturated carbocycles. The van der Waals surface area contributed by atoms with E-state index in [0.717, 1.165) is 18.1 Å². The van der Waals surface area contributed by atoms with Gasteiger partial charge in [0, 0.05) is 19.6 Å². The molecule has 0 heterocycles. The van der Waals surface area contributed by atoms with Crippen LogP contribution in [-0.4, -0.2) is 19.6 Å². The standard InChI is InChI=1S/C18H29ClN2/c1-5-20-13-14-6-7-17(16(19)12-14)21(4)15-8-10-18(2,3)11-9-15/h6-7,12,15,20H,5,8-11,13H2,1-4H3. The summed E-state index contributed by atoms with van der Waals surface area (Å²) in [7, 11) is 2.19. The minimum Gasteiger partial charge on any atom is -0.370 e. The third-order valence-corrected chi connectivity index (χ3v) is 5.13. The van der Waals surface area contributed by atoms with Gasteiger partial charge < -0.3 is 10.2 Å². The van der Waals surface area contributed by atoms with Crippen molar-refractivity contribution in [2.75, 3.05) is 18.5 Å². The van der Waals surface area contributed by atoms with Gasteiger partial charge in [-0.1, -0.05) is 38.4 Å². The van der Waals surface area contributed by atoms with Crippen molar-refractivity contribution in [2.45, 2.75) is 59.0 Å². The smallest absolute Gasteiger partial charge is 0.0642 e. The summed E-state index contributed by atoms with van der Waals surface area (Å²) in [5.41, 5.74) is 2.93. The van der Waals surface area contributed by atoms with Crippen LogP contribution in [0.1, 0.15) is 52.0 Å². The molecular weight excluding hydrogens is 280 g/mol. The first kappa shape index (κ1) is 16.6. The lowest BCUT2D eigenvalue weighted by molar-refractivity contribution is 0.222. The molecule has 3 heteroatoms. The van der Waals surface area contributed by atoms with Crippen LogP contribution >= 0.6 is 11.6 Å². The van der Waals surface area contributed by atoms with Gasteiger partial charge in [0.05, 0.1) is 10.7 Å². The van der Waals surface area contributed by atoms with Crippen LogP contribution in [0.3, 0.4) is 0 Å². The fourth-order valence-corrected chi connectivity index (χ4v) is 3.52. The summed E-state index contributed by atoms with van der Waals surface area (Å²) in [6.45, 7) is 8.75. The molecule has 0 aliphatic heterocycles. The van der Waals surface area contributed by atoms with Crippen molar-refractivity contribution in [1.82, 2.24) is 5.32 Å². The van der Waals surface area contributed by atoms with Crippen LogP contribution in [0, 0.1) is 5.41 Å². The van der Waals surface area contributed by atoms with Crippen molar-refractivity contribution in [3.63, 3.8) is 0 Å². The Bertz CT molecular complexity index is 460. The lowest BCUT2D eigenvalue weighted by atomic mass is 9.75. The number of rotatable bonds is 5. The van der Waals surface area contributed by atoms with E-state index >= 15 is 0 Å². The van der Waals surface area contributed by atoms with E-state index in [1.54, 1.807) is 0 Å². The van der Waals surface area contributed by atoms with Crippen molar-refractivity contribution in [1.29, 1.82) is 0 Å². The summed E-state index contributed by atoms with van der Waals surface area (Å²) in [4.78, 5) is 2.38. The van der Waals surface area contributed by atoms with E-state index in [0.29, 0.717) is 11.5 Å². The first-order valence-corrected chi connectivity index (χ1v) is 8.53. The summed E-state index contributed by atoms with van der Waals surface area (Å²) in [5, 5.41) is 4.21. The van der Waals surface area contributed by atoms with E-state index in [9.17, 15) is 0 Å². The maximum atomic E-state index is 6.51. The third kappa shape index (κ3) is 4.37. The van der Waals surface area contributed by atoms with E-state index in [1.165, 1.54) is 36.9 Å². The van der Waals surface area contributed by atoms with Crippen LogP contribution in [0.2, 0.25) is 5.02 Å². The zero-order chi connectivity index (χ0) is 15.5. The van der Waals surface area contributed by atoms with Crippen molar-refractivity contribution in [2.24, 2.45) is 5.41 Å². The van der Waals surface area contributed by atoms with Gasteiger partial charge in [0.25, 0.3) is 0 Å². The molecule has 2 rings (SSSR count). The molecule has 0 saturated heterocycles. The molecule has 1 aliphatic carbocycles. The molecule has 21 heavy (non-hydrogen) atoms. The molecule has 0 radical (unpaired) electrons. The number of nitrogens with one attached hydrogen (secondary N) is 1. The second kappa shape index (κ2) is 7.02. The molecule has 1 aromatic carbocycles. The number of hydrogen-bond donors (Lipinski definition) is 1. The molecule has 0 unspecified atom stereocenters. The minimum atomic E-state index is 0.511. The van der Waals surface area contributed by atoms with E-state index in [4.69, 9.17) is 11.6 Å². The Morgan fingerprint density at radius 2 is 1.95 bits per heavy atom. The Kier molecular flexibility index (Phi) is 5.56. The lowest BCUT2D eigenvalue weighted by Gasteiger charge is -2.39. The average molecular weight is 309 g/mol. The lowest BCUT2D eigenvalue weighted by Crippen LogP contribution is -2.37. The predicted molar refractivity (Wildman–Crippen MR) is 93.3 cm³/mol. The van der Waals surface area contributed by atoms with E-state index in [1.807, 2.05) is 0 Å². The summed E-state index contributed by atoms with van der Waals surface area (Å²) < 4.78 is 0. The van der Waals surface area contributed by atoms with Crippen LogP contribution in [0.25, 0.3) is 0 Å². The quantitative estimate of drug-likeness (QED) is 0.836. The number of hydrogen-bond acceptors (Lipinski definition) is 2. The Hall–Kier alpha value is -0.730. The van der Waals surface area contributed by atoms with Crippen LogP contribution in [0.15, 0.2) is 18.2 Å². The number of halogens is 1. The SMILES string of the molecule is CCNCc1ccc(N(C)C2CCC(C)(C)CC2)c(Cl)c1. The van der Waals surface area contributed by atoms with Crippen LogP contribution in [-0.2, 0) is 6.54 Å². The molecule has 0 spiro atoms. The van der Waals surface area contributed by atoms with Crippen molar-refractivity contribution in [3.8, 4) is 0 Å². The van der Waals surface area contributed by atoms with Gasteiger partial charge in [0.2, 0.25) is 0 Å². The highest BCUT2D eigenvalue weighted by atomic mass is 35.5. The van der Waals surface area contributed by atoms with Gasteiger partial charge >= 0.3 is 0 Å². The molecule has 0 amide bonds. The molecule has 1 N–H and O–H groups in total. The molecular formula is C18H29ClN2. The second-order valence-electron chi connectivity index (χ2n) is 7.07. The molecule has 1 aliphatic rings. The largest absolute Gasteiger partial charge is 0.370 e. The second-order valence-corrected chi connectivity index (χ2v) is 7.48. The minimum absolute atomic E-state index is 0.511. The first-order valence-electron chi connectivity index (χ1n) is 8.15. The molecule has 118 valence electrons. The van der Waals surface area contributed by atoms with E-state index < -0.39 is 0 Å². The van der Waals surface area contributed by atoms with Gasteiger partial charge in [-0.3, -0.25) is 0 Å². The molecule has 0 aromatic heterocycles. The maximum Gasteiger partial charge on any atom is 0.0642 e. The first-order chi connectivity index (χ1) is 9.93. The highest BCUT2D eigenvalue weighted by Gasteiger charge is 2.29. The summed E-state index contributed by atoms with van der Waals surface area (Å²) in [5.74, 6) is 0. The van der Waals surface area contributed by atoms with Crippen LogP contribution in [0.5, 0.6) is 0 Å². The topological polar surface area (TPSA) is 15.3 Å². The van der Waals surface area contributed by atoms with Crippen molar-refractivity contribution in [3.05, 3.63) is 28.8 Å². The maximum absolute atomic E-state index is 6.51. The normalized spacial score (nSPS) is 18.7. The van der Waals surface area contributed by atoms with Crippen molar-refractivity contribution >= 4 is 17.3 Å². The van der Waals surface area contributed by atoms with Crippen LogP contribution in [0.4, 0.5) is 5.69 Å². The van der Waals surface area contributed by atoms with Gasteiger partial charge in [-0.15, -0.1) is 0 Å². The number of nitrogens with zero attached hydrogens (tertiary/aromatic N) is 1. The van der Waals surface area contributed by atoms with Gasteiger partial charge in [0.1, 0.15) is 0 Å². The Balaban J connectivity index is 2.04.